The third kappa shape index (κ3) is 5.09. The van der Waals surface area contributed by atoms with E-state index in [2.05, 4.69) is 20.6 Å². The molecule has 0 spiro atoms. The number of aromatic nitrogens is 4. The van der Waals surface area contributed by atoms with Crippen LogP contribution in [0.3, 0.4) is 0 Å². The lowest BCUT2D eigenvalue weighted by Crippen LogP contribution is -2.32. The van der Waals surface area contributed by atoms with E-state index in [1.165, 1.54) is 24.3 Å². The SMILES string of the molecule is COc1ccc(-c2nnc3ccc(OCCNC(=O)COc4ccc(F)cc4)nn23)cc1. The zero-order valence-corrected chi connectivity index (χ0v) is 17.2. The molecular formula is C22H20FN5O4. The van der Waals surface area contributed by atoms with Gasteiger partial charge >= 0.3 is 0 Å². The Morgan fingerprint density at radius 3 is 2.47 bits per heavy atom. The Hall–Kier alpha value is -4.21. The number of ether oxygens (including phenoxy) is 3. The summed E-state index contributed by atoms with van der Waals surface area (Å²) in [7, 11) is 1.60. The fourth-order valence-corrected chi connectivity index (χ4v) is 2.85. The van der Waals surface area contributed by atoms with Crippen LogP contribution in [0.2, 0.25) is 0 Å². The van der Waals surface area contributed by atoms with Gasteiger partial charge in [-0.25, -0.2) is 4.39 Å². The molecule has 0 aliphatic carbocycles. The summed E-state index contributed by atoms with van der Waals surface area (Å²) in [6.07, 6.45) is 0. The number of amides is 1. The average molecular weight is 437 g/mol. The number of rotatable bonds is 9. The largest absolute Gasteiger partial charge is 0.497 e. The normalized spacial score (nSPS) is 10.7. The molecule has 0 bridgehead atoms. The van der Waals surface area contributed by atoms with Crippen LogP contribution in [0.1, 0.15) is 0 Å². The van der Waals surface area contributed by atoms with Gasteiger partial charge in [0.1, 0.15) is 23.9 Å². The zero-order valence-electron chi connectivity index (χ0n) is 17.2. The van der Waals surface area contributed by atoms with Gasteiger partial charge in [-0.05, 0) is 54.6 Å². The van der Waals surface area contributed by atoms with E-state index in [0.717, 1.165) is 11.3 Å². The Morgan fingerprint density at radius 2 is 1.72 bits per heavy atom. The Bertz CT molecular complexity index is 1200. The molecule has 4 aromatic rings. The lowest BCUT2D eigenvalue weighted by atomic mass is 10.2. The number of hydrogen-bond acceptors (Lipinski definition) is 7. The molecule has 0 radical (unpaired) electrons. The van der Waals surface area contributed by atoms with Crippen LogP contribution in [0.25, 0.3) is 17.0 Å². The Labute approximate surface area is 182 Å². The molecule has 0 saturated carbocycles. The molecule has 32 heavy (non-hydrogen) atoms. The van der Waals surface area contributed by atoms with Gasteiger partial charge in [0.2, 0.25) is 5.88 Å². The minimum absolute atomic E-state index is 0.179. The second-order valence-electron chi connectivity index (χ2n) is 6.63. The maximum Gasteiger partial charge on any atom is 0.258 e. The highest BCUT2D eigenvalue weighted by Crippen LogP contribution is 2.21. The second kappa shape index (κ2) is 9.73. The van der Waals surface area contributed by atoms with E-state index >= 15 is 0 Å². The van der Waals surface area contributed by atoms with E-state index in [-0.39, 0.29) is 31.5 Å². The van der Waals surface area contributed by atoms with Crippen LogP contribution < -0.4 is 19.5 Å². The first-order valence-electron chi connectivity index (χ1n) is 9.77. The number of nitrogens with one attached hydrogen (secondary N) is 1. The van der Waals surface area contributed by atoms with Crippen molar-refractivity contribution in [2.24, 2.45) is 0 Å². The van der Waals surface area contributed by atoms with Crippen LogP contribution >= 0.6 is 0 Å². The van der Waals surface area contributed by atoms with Gasteiger partial charge < -0.3 is 19.5 Å². The molecular weight excluding hydrogens is 417 g/mol. The van der Waals surface area contributed by atoms with Crippen molar-refractivity contribution < 1.29 is 23.4 Å². The van der Waals surface area contributed by atoms with Gasteiger partial charge in [-0.2, -0.15) is 4.52 Å². The number of carbonyl (C=O) groups is 1. The first kappa shape index (κ1) is 21.0. The van der Waals surface area contributed by atoms with Gasteiger partial charge in [0.15, 0.2) is 18.1 Å². The predicted molar refractivity (Wildman–Crippen MR) is 113 cm³/mol. The molecule has 0 aliphatic rings. The minimum Gasteiger partial charge on any atom is -0.497 e. The molecule has 2 heterocycles. The summed E-state index contributed by atoms with van der Waals surface area (Å²) in [5.41, 5.74) is 1.41. The van der Waals surface area contributed by atoms with Crippen molar-refractivity contribution in [3.8, 4) is 28.8 Å². The van der Waals surface area contributed by atoms with Crippen molar-refractivity contribution in [1.82, 2.24) is 25.1 Å². The van der Waals surface area contributed by atoms with Gasteiger partial charge in [-0.3, -0.25) is 4.79 Å². The summed E-state index contributed by atoms with van der Waals surface area (Å²) in [5.74, 6) is 1.40. The van der Waals surface area contributed by atoms with Gasteiger partial charge in [0.05, 0.1) is 13.7 Å². The summed E-state index contributed by atoms with van der Waals surface area (Å²) in [4.78, 5) is 11.9. The maximum atomic E-state index is 12.9. The number of hydrogen-bond donors (Lipinski definition) is 1. The van der Waals surface area contributed by atoms with Crippen molar-refractivity contribution in [1.29, 1.82) is 0 Å². The molecule has 1 amide bonds. The van der Waals surface area contributed by atoms with Crippen LogP contribution in [0.5, 0.6) is 17.4 Å². The standard InChI is InChI=1S/C22H20FN5O4/c1-30-17-6-2-15(3-7-17)22-26-25-19-10-11-21(27-28(19)22)31-13-12-24-20(29)14-32-18-8-4-16(23)5-9-18/h2-11H,12-14H2,1H3,(H,24,29). The third-order valence-electron chi connectivity index (χ3n) is 4.44. The zero-order chi connectivity index (χ0) is 22.3. The average Bonchev–Trinajstić information content (AvgIpc) is 3.25. The topological polar surface area (TPSA) is 99.9 Å². The molecule has 10 heteroatoms. The number of carbonyl (C=O) groups excluding carboxylic acids is 1. The number of benzene rings is 2. The van der Waals surface area contributed by atoms with E-state index in [9.17, 15) is 9.18 Å². The molecule has 0 atom stereocenters. The third-order valence-corrected chi connectivity index (χ3v) is 4.44. The first-order chi connectivity index (χ1) is 15.6. The number of halogens is 1. The van der Waals surface area contributed by atoms with Crippen molar-refractivity contribution >= 4 is 11.6 Å². The molecule has 0 aliphatic heterocycles. The van der Waals surface area contributed by atoms with E-state index in [0.29, 0.717) is 23.1 Å². The first-order valence-corrected chi connectivity index (χ1v) is 9.77. The summed E-state index contributed by atoms with van der Waals surface area (Å²) in [5, 5.41) is 15.4. The van der Waals surface area contributed by atoms with E-state index in [1.807, 2.05) is 24.3 Å². The molecule has 2 aromatic carbocycles. The number of methoxy groups -OCH3 is 1. The molecule has 0 saturated heterocycles. The highest BCUT2D eigenvalue weighted by Gasteiger charge is 2.11. The molecule has 2 aromatic heterocycles. The maximum absolute atomic E-state index is 12.9. The summed E-state index contributed by atoms with van der Waals surface area (Å²) < 4.78 is 30.6. The summed E-state index contributed by atoms with van der Waals surface area (Å²) in [6.45, 7) is 0.293. The quantitative estimate of drug-likeness (QED) is 0.402. The fourth-order valence-electron chi connectivity index (χ4n) is 2.85. The predicted octanol–water partition coefficient (Wildman–Crippen LogP) is 2.51. The van der Waals surface area contributed by atoms with Crippen molar-refractivity contribution in [2.75, 3.05) is 26.9 Å². The second-order valence-corrected chi connectivity index (χ2v) is 6.63. The lowest BCUT2D eigenvalue weighted by molar-refractivity contribution is -0.123. The van der Waals surface area contributed by atoms with Gasteiger partial charge in [-0.1, -0.05) is 0 Å². The molecule has 1 N–H and O–H groups in total. The van der Waals surface area contributed by atoms with E-state index < -0.39 is 0 Å². The molecule has 0 unspecified atom stereocenters. The van der Waals surface area contributed by atoms with Crippen LogP contribution in [0.4, 0.5) is 4.39 Å². The highest BCUT2D eigenvalue weighted by molar-refractivity contribution is 5.77. The van der Waals surface area contributed by atoms with Crippen molar-refractivity contribution in [2.45, 2.75) is 0 Å². The van der Waals surface area contributed by atoms with E-state index in [1.54, 1.807) is 23.8 Å². The number of fused-ring (bicyclic) bond motifs is 1. The van der Waals surface area contributed by atoms with Gasteiger partial charge in [-0.15, -0.1) is 15.3 Å². The molecule has 9 nitrogen and oxygen atoms in total. The van der Waals surface area contributed by atoms with Gasteiger partial charge in [0.25, 0.3) is 5.91 Å². The lowest BCUT2D eigenvalue weighted by Gasteiger charge is -2.09. The van der Waals surface area contributed by atoms with E-state index in [4.69, 9.17) is 14.2 Å². The Balaban J connectivity index is 1.29. The minimum atomic E-state index is -0.367. The molecule has 164 valence electrons. The Morgan fingerprint density at radius 1 is 0.969 bits per heavy atom. The Kier molecular flexibility index (Phi) is 6.40. The van der Waals surface area contributed by atoms with Crippen LogP contribution in [0.15, 0.2) is 60.7 Å². The van der Waals surface area contributed by atoms with Crippen LogP contribution in [0, 0.1) is 5.82 Å². The molecule has 0 fully saturated rings. The van der Waals surface area contributed by atoms with Gasteiger partial charge in [0, 0.05) is 11.6 Å². The highest BCUT2D eigenvalue weighted by atomic mass is 19.1. The molecule has 4 rings (SSSR count). The summed E-state index contributed by atoms with van der Waals surface area (Å²) in [6, 6.07) is 16.3. The van der Waals surface area contributed by atoms with Crippen molar-refractivity contribution in [3.05, 3.63) is 66.5 Å². The van der Waals surface area contributed by atoms with Crippen molar-refractivity contribution in [3.63, 3.8) is 0 Å². The smallest absolute Gasteiger partial charge is 0.258 e. The monoisotopic (exact) mass is 437 g/mol. The number of nitrogens with zero attached hydrogens (tertiary/aromatic N) is 4. The fraction of sp³-hybridized carbons (Fsp3) is 0.182. The summed E-state index contributed by atoms with van der Waals surface area (Å²) >= 11 is 0. The van der Waals surface area contributed by atoms with Crippen LogP contribution in [-0.4, -0.2) is 52.6 Å². The van der Waals surface area contributed by atoms with Crippen LogP contribution in [-0.2, 0) is 4.79 Å².